The summed E-state index contributed by atoms with van der Waals surface area (Å²) in [5, 5.41) is 5.11. The summed E-state index contributed by atoms with van der Waals surface area (Å²) in [7, 11) is -2.50. The van der Waals surface area contributed by atoms with E-state index >= 15 is 0 Å². The van der Waals surface area contributed by atoms with Gasteiger partial charge in [0.15, 0.2) is 0 Å². The maximum Gasteiger partial charge on any atom is 0.408 e. The lowest BCUT2D eigenvalue weighted by molar-refractivity contribution is -0.142. The van der Waals surface area contributed by atoms with Crippen LogP contribution in [-0.2, 0) is 25.1 Å². The number of rotatable bonds is 12. The Bertz CT molecular complexity index is 1920. The van der Waals surface area contributed by atoms with E-state index in [-0.39, 0.29) is 36.8 Å². The number of hydrogen-bond acceptors (Lipinski definition) is 8. The number of carbonyl (C=O) groups excluding carboxylic acids is 3. The van der Waals surface area contributed by atoms with Crippen LogP contribution < -0.4 is 20.1 Å². The fourth-order valence-corrected chi connectivity index (χ4v) is 10.1. The number of nitrogens with zero attached hydrogens (tertiary/aromatic N) is 2. The molecule has 284 valence electrons. The first-order valence-corrected chi connectivity index (χ1v) is 20.3. The van der Waals surface area contributed by atoms with E-state index < -0.39 is 60.1 Å². The number of aromatic nitrogens is 1. The van der Waals surface area contributed by atoms with E-state index in [4.69, 9.17) is 25.8 Å². The van der Waals surface area contributed by atoms with E-state index in [1.54, 1.807) is 61.7 Å². The number of amides is 3. The van der Waals surface area contributed by atoms with Gasteiger partial charge in [-0.05, 0) is 55.2 Å². The van der Waals surface area contributed by atoms with Crippen molar-refractivity contribution in [1.82, 2.24) is 20.5 Å². The summed E-state index contributed by atoms with van der Waals surface area (Å²) in [6.45, 7) is 9.31. The Morgan fingerprint density at radius 1 is 1.13 bits per heavy atom. The van der Waals surface area contributed by atoms with Crippen LogP contribution in [0, 0.1) is 11.3 Å². The van der Waals surface area contributed by atoms with Crippen LogP contribution >= 0.6 is 19.0 Å². The Morgan fingerprint density at radius 2 is 1.85 bits per heavy atom. The molecular formula is C39H48ClN4O8P. The first kappa shape index (κ1) is 38.6. The predicted octanol–water partition coefficient (Wildman–Crippen LogP) is 6.82. The third-order valence-electron chi connectivity index (χ3n) is 10.5. The van der Waals surface area contributed by atoms with Gasteiger partial charge in [-0.2, -0.15) is 0 Å². The summed E-state index contributed by atoms with van der Waals surface area (Å²) in [5.74, 6) is -0.559. The second kappa shape index (κ2) is 15.3. The molecule has 1 aliphatic heterocycles. The number of likely N-dealkylation sites (tertiary alicyclic amines) is 1. The monoisotopic (exact) mass is 766 g/mol. The van der Waals surface area contributed by atoms with E-state index in [9.17, 15) is 23.8 Å². The highest BCUT2D eigenvalue weighted by atomic mass is 35.5. The average Bonchev–Trinajstić information content (AvgIpc) is 3.37. The molecule has 3 aromatic rings. The molecule has 6 atom stereocenters. The second-order valence-electron chi connectivity index (χ2n) is 15.4. The van der Waals surface area contributed by atoms with Crippen LogP contribution in [0.4, 0.5) is 4.79 Å². The van der Waals surface area contributed by atoms with Gasteiger partial charge in [0.25, 0.3) is 0 Å². The van der Waals surface area contributed by atoms with Gasteiger partial charge in [-0.3, -0.25) is 14.2 Å². The SMILES string of the molecule is C=C[C@@H]1C[C@]1(NC(=O)[C@@H]1C[C@@H](Oc2cc(Cl)nc3cc(OC)ccc23)CN1C(=O)[C@@H](NC(=O)OC1CCCC1)C(C)(C)C)P(=O)(O)Cc1ccccc1. The number of pyridine rings is 1. The molecule has 0 radical (unpaired) electrons. The van der Waals surface area contributed by atoms with Gasteiger partial charge in [-0.25, -0.2) is 9.78 Å². The van der Waals surface area contributed by atoms with E-state index in [0.717, 1.165) is 25.7 Å². The van der Waals surface area contributed by atoms with Gasteiger partial charge < -0.3 is 34.6 Å². The van der Waals surface area contributed by atoms with Crippen LogP contribution in [-0.4, -0.2) is 75.9 Å². The molecule has 1 aromatic heterocycles. The fourth-order valence-electron chi connectivity index (χ4n) is 7.50. The van der Waals surface area contributed by atoms with Gasteiger partial charge in [0.2, 0.25) is 19.2 Å². The van der Waals surface area contributed by atoms with Crippen molar-refractivity contribution < 1.29 is 38.1 Å². The minimum Gasteiger partial charge on any atom is -0.497 e. The number of hydrogen-bond donors (Lipinski definition) is 3. The molecule has 1 unspecified atom stereocenters. The minimum absolute atomic E-state index is 0.0148. The number of fused-ring (bicyclic) bond motifs is 1. The summed E-state index contributed by atoms with van der Waals surface area (Å²) < 4.78 is 31.6. The second-order valence-corrected chi connectivity index (χ2v) is 18.3. The number of ether oxygens (including phenoxy) is 3. The first-order valence-electron chi connectivity index (χ1n) is 18.0. The summed E-state index contributed by atoms with van der Waals surface area (Å²) in [5.41, 5.74) is 0.423. The van der Waals surface area contributed by atoms with Crippen LogP contribution in [0.1, 0.15) is 64.9 Å². The van der Waals surface area contributed by atoms with Crippen LogP contribution in [0.3, 0.4) is 0 Å². The Kier molecular flexibility index (Phi) is 11.2. The standard InChI is InChI=1S/C39H48ClN4O8P/c1-6-25-21-39(25,53(48,49)23-24-12-8-7-9-13-24)43-35(45)31-19-28(51-32-20-33(40)41-30-18-27(50-5)16-17-29(30)32)22-44(31)36(46)34(38(2,3)4)42-37(47)52-26-14-10-11-15-26/h6-9,12-13,16-18,20,25-26,28,31,34H,1,10-11,14-15,19,21-23H2,2-5H3,(H,42,47)(H,43,45)(H,48,49)/t25-,28-,31+,34-,39+/m1/s1. The third kappa shape index (κ3) is 8.35. The summed E-state index contributed by atoms with van der Waals surface area (Å²) in [6.07, 6.45) is 3.60. The van der Waals surface area contributed by atoms with Crippen molar-refractivity contribution in [3.8, 4) is 11.5 Å². The molecule has 2 aliphatic carbocycles. The number of methoxy groups -OCH3 is 1. The highest BCUT2D eigenvalue weighted by Crippen LogP contribution is 2.70. The number of carbonyl (C=O) groups is 3. The highest BCUT2D eigenvalue weighted by molar-refractivity contribution is 7.59. The van der Waals surface area contributed by atoms with Gasteiger partial charge in [0.05, 0.1) is 25.3 Å². The van der Waals surface area contributed by atoms with Crippen molar-refractivity contribution in [1.29, 1.82) is 0 Å². The minimum atomic E-state index is -4.05. The van der Waals surface area contributed by atoms with Gasteiger partial charge in [0.1, 0.15) is 46.2 Å². The van der Waals surface area contributed by atoms with Crippen LogP contribution in [0.25, 0.3) is 10.9 Å². The lowest BCUT2D eigenvalue weighted by Gasteiger charge is -2.36. The molecule has 2 heterocycles. The molecule has 2 aromatic carbocycles. The van der Waals surface area contributed by atoms with Gasteiger partial charge >= 0.3 is 6.09 Å². The molecule has 3 amide bonds. The predicted molar refractivity (Wildman–Crippen MR) is 202 cm³/mol. The van der Waals surface area contributed by atoms with Crippen LogP contribution in [0.15, 0.2) is 67.3 Å². The average molecular weight is 767 g/mol. The Hall–Kier alpha value is -4.12. The zero-order valence-electron chi connectivity index (χ0n) is 30.5. The molecule has 0 spiro atoms. The van der Waals surface area contributed by atoms with Crippen molar-refractivity contribution >= 4 is 47.8 Å². The van der Waals surface area contributed by atoms with Gasteiger partial charge in [0, 0.05) is 29.9 Å². The summed E-state index contributed by atoms with van der Waals surface area (Å²) >= 11 is 6.40. The molecule has 12 nitrogen and oxygen atoms in total. The molecular weight excluding hydrogens is 719 g/mol. The zero-order valence-corrected chi connectivity index (χ0v) is 32.2. The number of nitrogens with one attached hydrogen (secondary N) is 2. The zero-order chi connectivity index (χ0) is 38.1. The van der Waals surface area contributed by atoms with E-state index in [1.165, 1.54) is 4.90 Å². The van der Waals surface area contributed by atoms with Crippen molar-refractivity contribution in [3.05, 3.63) is 78.0 Å². The van der Waals surface area contributed by atoms with Crippen molar-refractivity contribution in [2.24, 2.45) is 11.3 Å². The number of benzene rings is 2. The summed E-state index contributed by atoms with van der Waals surface area (Å²) in [4.78, 5) is 59.5. The molecule has 1 saturated heterocycles. The highest BCUT2D eigenvalue weighted by Gasteiger charge is 2.65. The van der Waals surface area contributed by atoms with Crippen LogP contribution in [0.5, 0.6) is 11.5 Å². The quantitative estimate of drug-likeness (QED) is 0.102. The molecule has 6 rings (SSSR count). The molecule has 3 fully saturated rings. The molecule has 53 heavy (non-hydrogen) atoms. The van der Waals surface area contributed by atoms with E-state index in [0.29, 0.717) is 28.0 Å². The fraction of sp³-hybridized carbons (Fsp3) is 0.487. The van der Waals surface area contributed by atoms with Crippen LogP contribution in [0.2, 0.25) is 5.15 Å². The van der Waals surface area contributed by atoms with E-state index in [2.05, 4.69) is 22.2 Å². The van der Waals surface area contributed by atoms with Crippen molar-refractivity contribution in [2.45, 2.75) is 95.0 Å². The number of alkyl carbamates (subject to hydrolysis) is 1. The third-order valence-corrected chi connectivity index (χ3v) is 13.4. The smallest absolute Gasteiger partial charge is 0.408 e. The van der Waals surface area contributed by atoms with Crippen molar-refractivity contribution in [3.63, 3.8) is 0 Å². The molecule has 3 aliphatic rings. The Morgan fingerprint density at radius 3 is 2.49 bits per heavy atom. The van der Waals surface area contributed by atoms with E-state index in [1.807, 2.05) is 26.8 Å². The van der Waals surface area contributed by atoms with Gasteiger partial charge in [-0.15, -0.1) is 6.58 Å². The number of halogens is 1. The molecule has 2 saturated carbocycles. The molecule has 0 bridgehead atoms. The lowest BCUT2D eigenvalue weighted by atomic mass is 9.85. The Balaban J connectivity index is 1.30. The van der Waals surface area contributed by atoms with Crippen molar-refractivity contribution in [2.75, 3.05) is 13.7 Å². The lowest BCUT2D eigenvalue weighted by Crippen LogP contribution is -2.58. The van der Waals surface area contributed by atoms with Gasteiger partial charge in [-0.1, -0.05) is 68.8 Å². The topological polar surface area (TPSA) is 156 Å². The Labute approximate surface area is 315 Å². The molecule has 3 N–H and O–H groups in total. The first-order chi connectivity index (χ1) is 25.1. The maximum atomic E-state index is 14.6. The largest absolute Gasteiger partial charge is 0.497 e. The molecule has 14 heteroatoms. The normalized spacial score (nSPS) is 24.6. The summed E-state index contributed by atoms with van der Waals surface area (Å²) in [6, 6.07) is 13.6. The maximum absolute atomic E-state index is 14.6.